The van der Waals surface area contributed by atoms with E-state index in [4.69, 9.17) is 11.6 Å². The maximum Gasteiger partial charge on any atom is 0.252 e. The van der Waals surface area contributed by atoms with Crippen LogP contribution >= 0.6 is 35.6 Å². The monoisotopic (exact) mass is 535 g/mol. The fourth-order valence-electron chi connectivity index (χ4n) is 3.21. The molecule has 2 rings (SSSR count). The number of carbonyl (C=O) groups is 1. The summed E-state index contributed by atoms with van der Waals surface area (Å²) in [6.45, 7) is 10.6. The van der Waals surface area contributed by atoms with E-state index in [2.05, 4.69) is 32.8 Å². The van der Waals surface area contributed by atoms with Crippen LogP contribution < -0.4 is 16.0 Å². The van der Waals surface area contributed by atoms with Crippen LogP contribution in [0.15, 0.2) is 29.3 Å². The number of amides is 1. The summed E-state index contributed by atoms with van der Waals surface area (Å²) in [5.41, 5.74) is 0.497. The van der Waals surface area contributed by atoms with Crippen LogP contribution in [0, 0.1) is 5.92 Å². The molecule has 1 heterocycles. The van der Waals surface area contributed by atoms with E-state index in [1.54, 1.807) is 18.2 Å². The molecule has 1 fully saturated rings. The number of benzene rings is 1. The van der Waals surface area contributed by atoms with Crippen LogP contribution in [-0.4, -0.2) is 62.6 Å². The Morgan fingerprint density at radius 2 is 1.86 bits per heavy atom. The number of likely N-dealkylation sites (tertiary alicyclic amines) is 1. The fourth-order valence-corrected chi connectivity index (χ4v) is 3.43. The second-order valence-electron chi connectivity index (χ2n) is 7.30. The highest BCUT2D eigenvalue weighted by atomic mass is 127. The molecule has 6 nitrogen and oxygen atoms in total. The first-order valence-electron chi connectivity index (χ1n) is 10.4. The first-order valence-corrected chi connectivity index (χ1v) is 10.7. The molecule has 0 radical (unpaired) electrons. The molecule has 3 N–H and O–H groups in total. The normalized spacial score (nSPS) is 15.5. The third-order valence-electron chi connectivity index (χ3n) is 4.94. The number of carbonyl (C=O) groups excluding carboxylic acids is 1. The van der Waals surface area contributed by atoms with Crippen molar-refractivity contribution in [2.45, 2.75) is 33.1 Å². The maximum absolute atomic E-state index is 12.1. The summed E-state index contributed by atoms with van der Waals surface area (Å²) in [6.07, 6.45) is 3.69. The number of aliphatic imine (C=N–C) groups is 1. The lowest BCUT2D eigenvalue weighted by atomic mass is 9.99. The summed E-state index contributed by atoms with van der Waals surface area (Å²) in [6, 6.07) is 7.06. The zero-order chi connectivity index (χ0) is 20.2. The van der Waals surface area contributed by atoms with Gasteiger partial charge in [0.25, 0.3) is 5.91 Å². The summed E-state index contributed by atoms with van der Waals surface area (Å²) in [7, 11) is 0. The van der Waals surface area contributed by atoms with Crippen LogP contribution in [0.25, 0.3) is 0 Å². The highest BCUT2D eigenvalue weighted by molar-refractivity contribution is 14.0. The average molecular weight is 536 g/mol. The van der Waals surface area contributed by atoms with E-state index in [1.807, 2.05) is 13.0 Å². The van der Waals surface area contributed by atoms with Gasteiger partial charge in [-0.25, -0.2) is 0 Å². The van der Waals surface area contributed by atoms with Crippen molar-refractivity contribution in [2.24, 2.45) is 10.9 Å². The second-order valence-corrected chi connectivity index (χ2v) is 7.71. The standard InChI is InChI=1S/C21H34ClN5O.HI/c1-3-23-21(25-11-6-14-27-15-9-17(2)10-16-27)26-13-12-24-20(28)18-7-4-5-8-19(18)22;/h4-5,7-8,17H,3,6,9-16H2,1-2H3,(H,24,28)(H2,23,25,26);1H. The van der Waals surface area contributed by atoms with E-state index in [1.165, 1.54) is 25.9 Å². The zero-order valence-electron chi connectivity index (χ0n) is 17.5. The lowest BCUT2D eigenvalue weighted by molar-refractivity contribution is 0.0954. The molecule has 0 bridgehead atoms. The van der Waals surface area contributed by atoms with Crippen molar-refractivity contribution < 1.29 is 4.79 Å². The molecule has 0 atom stereocenters. The Morgan fingerprint density at radius 1 is 1.17 bits per heavy atom. The van der Waals surface area contributed by atoms with Gasteiger partial charge in [0.2, 0.25) is 0 Å². The molecule has 1 aliphatic heterocycles. The van der Waals surface area contributed by atoms with Gasteiger partial charge in [-0.3, -0.25) is 9.79 Å². The SMILES string of the molecule is CCNC(=NCCCN1CCC(C)CC1)NCCNC(=O)c1ccccc1Cl.I. The highest BCUT2D eigenvalue weighted by Gasteiger charge is 2.14. The van der Waals surface area contributed by atoms with Crippen molar-refractivity contribution in [2.75, 3.05) is 45.8 Å². The van der Waals surface area contributed by atoms with Crippen LogP contribution in [-0.2, 0) is 0 Å². The summed E-state index contributed by atoms with van der Waals surface area (Å²) >= 11 is 6.05. The molecular weight excluding hydrogens is 501 g/mol. The molecule has 0 aliphatic carbocycles. The summed E-state index contributed by atoms with van der Waals surface area (Å²) < 4.78 is 0. The molecule has 1 aromatic rings. The van der Waals surface area contributed by atoms with Gasteiger partial charge in [0.1, 0.15) is 0 Å². The molecule has 0 unspecified atom stereocenters. The van der Waals surface area contributed by atoms with Crippen molar-refractivity contribution >= 4 is 47.4 Å². The third-order valence-corrected chi connectivity index (χ3v) is 5.27. The van der Waals surface area contributed by atoms with E-state index in [9.17, 15) is 4.79 Å². The molecule has 8 heteroatoms. The zero-order valence-corrected chi connectivity index (χ0v) is 20.6. The van der Waals surface area contributed by atoms with Crippen LogP contribution in [0.1, 0.15) is 43.5 Å². The van der Waals surface area contributed by atoms with Crippen LogP contribution in [0.4, 0.5) is 0 Å². The molecule has 0 saturated carbocycles. The van der Waals surface area contributed by atoms with E-state index in [0.29, 0.717) is 23.7 Å². The predicted molar refractivity (Wildman–Crippen MR) is 133 cm³/mol. The quantitative estimate of drug-likeness (QED) is 0.196. The lowest BCUT2D eigenvalue weighted by Gasteiger charge is -2.29. The number of rotatable bonds is 9. The number of nitrogens with one attached hydrogen (secondary N) is 3. The van der Waals surface area contributed by atoms with Gasteiger partial charge < -0.3 is 20.9 Å². The first-order chi connectivity index (χ1) is 13.6. The fraction of sp³-hybridized carbons (Fsp3) is 0.619. The Morgan fingerprint density at radius 3 is 2.55 bits per heavy atom. The van der Waals surface area contributed by atoms with E-state index < -0.39 is 0 Å². The van der Waals surface area contributed by atoms with E-state index in [-0.39, 0.29) is 29.9 Å². The van der Waals surface area contributed by atoms with Crippen molar-refractivity contribution in [3.8, 4) is 0 Å². The van der Waals surface area contributed by atoms with Crippen molar-refractivity contribution in [1.29, 1.82) is 0 Å². The number of piperidine rings is 1. The largest absolute Gasteiger partial charge is 0.357 e. The average Bonchev–Trinajstić information content (AvgIpc) is 2.70. The Bertz CT molecular complexity index is 635. The molecule has 0 spiro atoms. The van der Waals surface area contributed by atoms with Crippen LogP contribution in [0.2, 0.25) is 5.02 Å². The third kappa shape index (κ3) is 10.00. The summed E-state index contributed by atoms with van der Waals surface area (Å²) in [4.78, 5) is 19.3. The molecule has 164 valence electrons. The molecule has 1 aliphatic rings. The van der Waals surface area contributed by atoms with Crippen molar-refractivity contribution in [1.82, 2.24) is 20.9 Å². The molecule has 1 saturated heterocycles. The van der Waals surface area contributed by atoms with Gasteiger partial charge in [-0.05, 0) is 63.9 Å². The number of nitrogens with zero attached hydrogens (tertiary/aromatic N) is 2. The molecular formula is C21H35ClIN5O. The van der Waals surface area contributed by atoms with Gasteiger partial charge in [-0.2, -0.15) is 0 Å². The molecule has 1 aromatic carbocycles. The second kappa shape index (κ2) is 14.8. The number of guanidine groups is 1. The first kappa shape index (κ1) is 26.0. The van der Waals surface area contributed by atoms with Gasteiger partial charge in [0.15, 0.2) is 5.96 Å². The predicted octanol–water partition coefficient (Wildman–Crippen LogP) is 3.36. The Balaban J connectivity index is 0.00000420. The van der Waals surface area contributed by atoms with Gasteiger partial charge in [-0.15, -0.1) is 24.0 Å². The topological polar surface area (TPSA) is 68.8 Å². The van der Waals surface area contributed by atoms with Gasteiger partial charge in [-0.1, -0.05) is 30.7 Å². The summed E-state index contributed by atoms with van der Waals surface area (Å²) in [5.74, 6) is 1.50. The van der Waals surface area contributed by atoms with Crippen LogP contribution in [0.5, 0.6) is 0 Å². The minimum atomic E-state index is -0.162. The maximum atomic E-state index is 12.1. The minimum absolute atomic E-state index is 0. The molecule has 29 heavy (non-hydrogen) atoms. The number of hydrogen-bond donors (Lipinski definition) is 3. The van der Waals surface area contributed by atoms with Crippen LogP contribution in [0.3, 0.4) is 0 Å². The van der Waals surface area contributed by atoms with Gasteiger partial charge in [0.05, 0.1) is 10.6 Å². The molecule has 0 aromatic heterocycles. The summed E-state index contributed by atoms with van der Waals surface area (Å²) in [5, 5.41) is 9.85. The Hall–Kier alpha value is -1.06. The Kier molecular flexibility index (Phi) is 13.3. The van der Waals surface area contributed by atoms with E-state index >= 15 is 0 Å². The van der Waals surface area contributed by atoms with Gasteiger partial charge >= 0.3 is 0 Å². The Labute approximate surface area is 197 Å². The van der Waals surface area contributed by atoms with Crippen molar-refractivity contribution in [3.05, 3.63) is 34.9 Å². The number of hydrogen-bond acceptors (Lipinski definition) is 3. The van der Waals surface area contributed by atoms with E-state index in [0.717, 1.165) is 37.9 Å². The number of halogens is 2. The highest BCUT2D eigenvalue weighted by Crippen LogP contribution is 2.16. The smallest absolute Gasteiger partial charge is 0.252 e. The van der Waals surface area contributed by atoms with Crippen molar-refractivity contribution in [3.63, 3.8) is 0 Å². The molecule has 1 amide bonds. The minimum Gasteiger partial charge on any atom is -0.357 e. The lowest BCUT2D eigenvalue weighted by Crippen LogP contribution is -2.41. The van der Waals surface area contributed by atoms with Gasteiger partial charge in [0, 0.05) is 26.2 Å².